The molecular formula is C14H16ClN3. The number of halogens is 1. The summed E-state index contributed by atoms with van der Waals surface area (Å²) >= 11 is 6.19. The average Bonchev–Trinajstić information content (AvgIpc) is 3.06. The van der Waals surface area contributed by atoms with Gasteiger partial charge in [0.15, 0.2) is 0 Å². The van der Waals surface area contributed by atoms with Crippen molar-refractivity contribution in [2.24, 2.45) is 0 Å². The standard InChI is InChI=1S/C14H16ClN3/c1-9-8-18(14(16-9)17-11-6-7-11)13-5-3-4-12(15)10(13)2/h3-5,8,11H,6-7H2,1-2H3,(H,16,17). The zero-order valence-electron chi connectivity index (χ0n) is 10.6. The third-order valence-electron chi connectivity index (χ3n) is 3.24. The molecule has 0 atom stereocenters. The van der Waals surface area contributed by atoms with Gasteiger partial charge in [0.1, 0.15) is 0 Å². The Morgan fingerprint density at radius 2 is 2.11 bits per heavy atom. The molecule has 0 radical (unpaired) electrons. The predicted octanol–water partition coefficient (Wildman–Crippen LogP) is 3.72. The molecular weight excluding hydrogens is 246 g/mol. The second-order valence-electron chi connectivity index (χ2n) is 4.88. The number of anilines is 1. The van der Waals surface area contributed by atoms with Crippen LogP contribution in [0.5, 0.6) is 0 Å². The Kier molecular flexibility index (Phi) is 2.78. The van der Waals surface area contributed by atoms with E-state index in [0.717, 1.165) is 27.9 Å². The van der Waals surface area contributed by atoms with Gasteiger partial charge in [0.2, 0.25) is 5.95 Å². The molecule has 3 nitrogen and oxygen atoms in total. The van der Waals surface area contributed by atoms with Gasteiger partial charge in [-0.15, -0.1) is 0 Å². The fourth-order valence-corrected chi connectivity index (χ4v) is 2.22. The van der Waals surface area contributed by atoms with Crippen LogP contribution in [-0.4, -0.2) is 15.6 Å². The highest BCUT2D eigenvalue weighted by Crippen LogP contribution is 2.28. The molecule has 1 saturated carbocycles. The highest BCUT2D eigenvalue weighted by molar-refractivity contribution is 6.31. The maximum atomic E-state index is 6.19. The lowest BCUT2D eigenvalue weighted by Gasteiger charge is -2.12. The number of nitrogens with one attached hydrogen (secondary N) is 1. The molecule has 0 aliphatic heterocycles. The zero-order valence-corrected chi connectivity index (χ0v) is 11.3. The monoisotopic (exact) mass is 261 g/mol. The minimum absolute atomic E-state index is 0.588. The van der Waals surface area contributed by atoms with E-state index < -0.39 is 0 Å². The van der Waals surface area contributed by atoms with Crippen molar-refractivity contribution in [2.75, 3.05) is 5.32 Å². The summed E-state index contributed by atoms with van der Waals surface area (Å²) in [4.78, 5) is 4.55. The van der Waals surface area contributed by atoms with Crippen LogP contribution in [0, 0.1) is 13.8 Å². The molecule has 1 aromatic carbocycles. The Balaban J connectivity index is 2.06. The van der Waals surface area contributed by atoms with Gasteiger partial charge in [-0.3, -0.25) is 4.57 Å². The van der Waals surface area contributed by atoms with E-state index in [1.165, 1.54) is 12.8 Å². The number of rotatable bonds is 3. The van der Waals surface area contributed by atoms with Crippen LogP contribution in [0.1, 0.15) is 24.1 Å². The summed E-state index contributed by atoms with van der Waals surface area (Å²) in [5.41, 5.74) is 3.18. The number of benzene rings is 1. The van der Waals surface area contributed by atoms with Gasteiger partial charge in [0.25, 0.3) is 0 Å². The van der Waals surface area contributed by atoms with Gasteiger partial charge in [0.05, 0.1) is 11.4 Å². The smallest absolute Gasteiger partial charge is 0.207 e. The van der Waals surface area contributed by atoms with Gasteiger partial charge in [-0.1, -0.05) is 17.7 Å². The Hall–Kier alpha value is -1.48. The summed E-state index contributed by atoms with van der Waals surface area (Å²) in [7, 11) is 0. The molecule has 1 fully saturated rings. The fourth-order valence-electron chi connectivity index (χ4n) is 2.05. The maximum Gasteiger partial charge on any atom is 0.207 e. The van der Waals surface area contributed by atoms with Crippen molar-refractivity contribution < 1.29 is 0 Å². The zero-order chi connectivity index (χ0) is 12.7. The molecule has 18 heavy (non-hydrogen) atoms. The maximum absolute atomic E-state index is 6.19. The van der Waals surface area contributed by atoms with Gasteiger partial charge < -0.3 is 5.32 Å². The first kappa shape index (κ1) is 11.6. The van der Waals surface area contributed by atoms with E-state index in [1.54, 1.807) is 0 Å². The van der Waals surface area contributed by atoms with Crippen LogP contribution in [0.4, 0.5) is 5.95 Å². The van der Waals surface area contributed by atoms with Gasteiger partial charge in [-0.25, -0.2) is 4.98 Å². The van der Waals surface area contributed by atoms with Crippen LogP contribution in [0.3, 0.4) is 0 Å². The van der Waals surface area contributed by atoms with E-state index >= 15 is 0 Å². The number of hydrogen-bond donors (Lipinski definition) is 1. The summed E-state index contributed by atoms with van der Waals surface area (Å²) in [5, 5.41) is 4.25. The van der Waals surface area contributed by atoms with Crippen LogP contribution >= 0.6 is 11.6 Å². The fraction of sp³-hybridized carbons (Fsp3) is 0.357. The molecule has 0 saturated heterocycles. The first-order valence-corrected chi connectivity index (χ1v) is 6.61. The van der Waals surface area contributed by atoms with Crippen LogP contribution < -0.4 is 5.32 Å². The van der Waals surface area contributed by atoms with Crippen molar-refractivity contribution in [3.63, 3.8) is 0 Å². The lowest BCUT2D eigenvalue weighted by atomic mass is 10.2. The van der Waals surface area contributed by atoms with Crippen molar-refractivity contribution in [2.45, 2.75) is 32.7 Å². The van der Waals surface area contributed by atoms with Crippen LogP contribution in [-0.2, 0) is 0 Å². The lowest BCUT2D eigenvalue weighted by Crippen LogP contribution is -2.08. The van der Waals surface area contributed by atoms with Crippen molar-refractivity contribution in [1.82, 2.24) is 9.55 Å². The van der Waals surface area contributed by atoms with Crippen molar-refractivity contribution >= 4 is 17.5 Å². The molecule has 0 bridgehead atoms. The minimum atomic E-state index is 0.588. The van der Waals surface area contributed by atoms with Gasteiger partial charge in [0, 0.05) is 17.3 Å². The van der Waals surface area contributed by atoms with E-state index in [1.807, 2.05) is 32.2 Å². The van der Waals surface area contributed by atoms with Crippen molar-refractivity contribution in [1.29, 1.82) is 0 Å². The summed E-state index contributed by atoms with van der Waals surface area (Å²) in [6.45, 7) is 4.04. The largest absolute Gasteiger partial charge is 0.353 e. The van der Waals surface area contributed by atoms with E-state index in [0.29, 0.717) is 6.04 Å². The summed E-state index contributed by atoms with van der Waals surface area (Å²) < 4.78 is 2.09. The molecule has 1 N–H and O–H groups in total. The summed E-state index contributed by atoms with van der Waals surface area (Å²) in [5.74, 6) is 0.917. The number of imidazole rings is 1. The molecule has 1 aliphatic rings. The normalized spacial score (nSPS) is 14.8. The van der Waals surface area contributed by atoms with E-state index in [4.69, 9.17) is 11.6 Å². The molecule has 94 valence electrons. The predicted molar refractivity (Wildman–Crippen MR) is 74.7 cm³/mol. The van der Waals surface area contributed by atoms with Gasteiger partial charge in [-0.2, -0.15) is 0 Å². The molecule has 3 rings (SSSR count). The molecule has 2 aromatic rings. The molecule has 0 unspecified atom stereocenters. The Labute approximate surface area is 112 Å². The molecule has 0 amide bonds. The third kappa shape index (κ3) is 2.10. The quantitative estimate of drug-likeness (QED) is 0.913. The molecule has 0 spiro atoms. The molecule has 1 aliphatic carbocycles. The SMILES string of the molecule is Cc1cn(-c2cccc(Cl)c2C)c(NC2CC2)n1. The topological polar surface area (TPSA) is 29.9 Å². The Morgan fingerprint density at radius 1 is 1.33 bits per heavy atom. The highest BCUT2D eigenvalue weighted by atomic mass is 35.5. The van der Waals surface area contributed by atoms with Gasteiger partial charge in [-0.05, 0) is 44.4 Å². The first-order valence-electron chi connectivity index (χ1n) is 6.23. The number of aryl methyl sites for hydroxylation is 1. The van der Waals surface area contributed by atoms with Crippen molar-refractivity contribution in [3.05, 3.63) is 40.7 Å². The van der Waals surface area contributed by atoms with Crippen LogP contribution in [0.15, 0.2) is 24.4 Å². The number of hydrogen-bond acceptors (Lipinski definition) is 2. The second kappa shape index (κ2) is 4.32. The lowest BCUT2D eigenvalue weighted by molar-refractivity contribution is 0.994. The first-order chi connectivity index (χ1) is 8.65. The Morgan fingerprint density at radius 3 is 2.83 bits per heavy atom. The molecule has 1 aromatic heterocycles. The van der Waals surface area contributed by atoms with E-state index in [9.17, 15) is 0 Å². The third-order valence-corrected chi connectivity index (χ3v) is 3.65. The summed E-state index contributed by atoms with van der Waals surface area (Å²) in [6.07, 6.45) is 4.52. The average molecular weight is 262 g/mol. The van der Waals surface area contributed by atoms with Crippen LogP contribution in [0.2, 0.25) is 5.02 Å². The number of aromatic nitrogens is 2. The highest BCUT2D eigenvalue weighted by Gasteiger charge is 2.23. The molecule has 4 heteroatoms. The minimum Gasteiger partial charge on any atom is -0.353 e. The summed E-state index contributed by atoms with van der Waals surface area (Å²) in [6, 6.07) is 6.55. The Bertz CT molecular complexity index is 585. The van der Waals surface area contributed by atoms with Gasteiger partial charge >= 0.3 is 0 Å². The number of nitrogens with zero attached hydrogens (tertiary/aromatic N) is 2. The second-order valence-corrected chi connectivity index (χ2v) is 5.29. The van der Waals surface area contributed by atoms with Crippen molar-refractivity contribution in [3.8, 4) is 5.69 Å². The van der Waals surface area contributed by atoms with Crippen LogP contribution in [0.25, 0.3) is 5.69 Å². The van der Waals surface area contributed by atoms with E-state index in [-0.39, 0.29) is 0 Å². The van der Waals surface area contributed by atoms with E-state index in [2.05, 4.69) is 20.9 Å². The molecule has 1 heterocycles.